The number of aliphatic imine (C=N–C) groups is 1. The second-order valence-electron chi connectivity index (χ2n) is 6.93. The van der Waals surface area contributed by atoms with Gasteiger partial charge in [0.25, 0.3) is 0 Å². The zero-order valence-corrected chi connectivity index (χ0v) is 19.8. The number of guanidine groups is 1. The molecule has 0 saturated carbocycles. The van der Waals surface area contributed by atoms with Crippen LogP contribution in [0.2, 0.25) is 0 Å². The van der Waals surface area contributed by atoms with Gasteiger partial charge in [-0.05, 0) is 22.6 Å². The minimum atomic E-state index is 0. The minimum Gasteiger partial charge on any atom is -0.379 e. The molecule has 2 aromatic rings. The number of nitrogens with one attached hydrogen (secondary N) is 2. The molecular weight excluding hydrogens is 483 g/mol. The van der Waals surface area contributed by atoms with E-state index in [0.717, 1.165) is 51.9 Å². The Morgan fingerprint density at radius 1 is 1.14 bits per heavy atom. The summed E-state index contributed by atoms with van der Waals surface area (Å²) in [5.41, 5.74) is 2.61. The molecule has 1 saturated heterocycles. The highest BCUT2D eigenvalue weighted by molar-refractivity contribution is 14.0. The molecule has 0 aliphatic carbocycles. The third-order valence-electron chi connectivity index (χ3n) is 4.82. The zero-order valence-electron chi connectivity index (χ0n) is 16.7. The minimum absolute atomic E-state index is 0. The molecule has 28 heavy (non-hydrogen) atoms. The average Bonchev–Trinajstić information content (AvgIpc) is 3.25. The molecule has 1 aliphatic heterocycles. The lowest BCUT2D eigenvalue weighted by Crippen LogP contribution is -2.38. The summed E-state index contributed by atoms with van der Waals surface area (Å²) >= 11 is 1.80. The van der Waals surface area contributed by atoms with Gasteiger partial charge in [-0.1, -0.05) is 37.3 Å². The standard InChI is InChI=1S/C21H30N4OS.HI/c1-17(20-4-3-13-27-20)14-23-21(22-2)24-15-18-5-7-19(8-6-18)16-25-9-11-26-12-10-25;/h3-8,13,17H,9-12,14-16H2,1-2H3,(H2,22,23,24);1H. The number of halogens is 1. The number of morpholine rings is 1. The van der Waals surface area contributed by atoms with E-state index in [-0.39, 0.29) is 24.0 Å². The number of hydrogen-bond acceptors (Lipinski definition) is 4. The van der Waals surface area contributed by atoms with Gasteiger partial charge in [-0.15, -0.1) is 35.3 Å². The first-order valence-electron chi connectivity index (χ1n) is 9.60. The van der Waals surface area contributed by atoms with Crippen molar-refractivity contribution >= 4 is 41.3 Å². The lowest BCUT2D eigenvalue weighted by Gasteiger charge is -2.26. The Hall–Kier alpha value is -1.16. The third kappa shape index (κ3) is 7.35. The summed E-state index contributed by atoms with van der Waals surface area (Å²) in [6.07, 6.45) is 0. The smallest absolute Gasteiger partial charge is 0.191 e. The van der Waals surface area contributed by atoms with Gasteiger partial charge in [0.1, 0.15) is 0 Å². The molecule has 7 heteroatoms. The average molecular weight is 514 g/mol. The van der Waals surface area contributed by atoms with Crippen LogP contribution in [0.1, 0.15) is 28.8 Å². The number of thiophene rings is 1. The van der Waals surface area contributed by atoms with Gasteiger partial charge in [-0.25, -0.2) is 0 Å². The Morgan fingerprint density at radius 3 is 2.50 bits per heavy atom. The normalized spacial score (nSPS) is 16.3. The maximum absolute atomic E-state index is 5.41. The highest BCUT2D eigenvalue weighted by Gasteiger charge is 2.11. The molecule has 1 fully saturated rings. The summed E-state index contributed by atoms with van der Waals surface area (Å²) < 4.78 is 5.41. The van der Waals surface area contributed by atoms with Gasteiger partial charge < -0.3 is 15.4 Å². The lowest BCUT2D eigenvalue weighted by molar-refractivity contribution is 0.0342. The van der Waals surface area contributed by atoms with Gasteiger partial charge in [0.15, 0.2) is 5.96 Å². The second kappa shape index (κ2) is 12.4. The summed E-state index contributed by atoms with van der Waals surface area (Å²) in [6.45, 7) is 8.62. The predicted molar refractivity (Wildman–Crippen MR) is 129 cm³/mol. The van der Waals surface area contributed by atoms with E-state index in [1.807, 2.05) is 7.05 Å². The molecule has 2 N–H and O–H groups in total. The fraction of sp³-hybridized carbons (Fsp3) is 0.476. The van der Waals surface area contributed by atoms with Crippen molar-refractivity contribution in [2.75, 3.05) is 39.9 Å². The summed E-state index contributed by atoms with van der Waals surface area (Å²) in [4.78, 5) is 8.17. The van der Waals surface area contributed by atoms with Crippen molar-refractivity contribution in [1.82, 2.24) is 15.5 Å². The first-order valence-corrected chi connectivity index (χ1v) is 10.5. The molecule has 0 radical (unpaired) electrons. The Labute approximate surface area is 189 Å². The van der Waals surface area contributed by atoms with Crippen molar-refractivity contribution in [1.29, 1.82) is 0 Å². The molecule has 1 atom stereocenters. The van der Waals surface area contributed by atoms with Crippen LogP contribution in [0.15, 0.2) is 46.8 Å². The van der Waals surface area contributed by atoms with E-state index < -0.39 is 0 Å². The second-order valence-corrected chi connectivity index (χ2v) is 7.91. The van der Waals surface area contributed by atoms with Crippen LogP contribution in [0.3, 0.4) is 0 Å². The summed E-state index contributed by atoms with van der Waals surface area (Å²) in [6, 6.07) is 13.1. The van der Waals surface area contributed by atoms with Gasteiger partial charge in [0.05, 0.1) is 13.2 Å². The topological polar surface area (TPSA) is 48.9 Å². The Balaban J connectivity index is 0.00000280. The summed E-state index contributed by atoms with van der Waals surface area (Å²) in [5, 5.41) is 8.95. The highest BCUT2D eigenvalue weighted by atomic mass is 127. The number of benzene rings is 1. The van der Waals surface area contributed by atoms with Gasteiger partial charge in [-0.2, -0.15) is 0 Å². The Kier molecular flexibility index (Phi) is 10.3. The molecule has 1 aromatic carbocycles. The first kappa shape index (κ1) is 23.1. The van der Waals surface area contributed by atoms with Gasteiger partial charge in [0.2, 0.25) is 0 Å². The molecule has 3 rings (SSSR count). The monoisotopic (exact) mass is 514 g/mol. The molecule has 2 heterocycles. The fourth-order valence-electron chi connectivity index (χ4n) is 3.11. The molecule has 154 valence electrons. The summed E-state index contributed by atoms with van der Waals surface area (Å²) in [7, 11) is 1.82. The quantitative estimate of drug-likeness (QED) is 0.337. The molecular formula is C21H31IN4OS. The van der Waals surface area contributed by atoms with E-state index in [4.69, 9.17) is 4.74 Å². The van der Waals surface area contributed by atoms with Gasteiger partial charge >= 0.3 is 0 Å². The van der Waals surface area contributed by atoms with Crippen LogP contribution in [0.25, 0.3) is 0 Å². The molecule has 1 unspecified atom stereocenters. The van der Waals surface area contributed by atoms with Crippen LogP contribution in [0.5, 0.6) is 0 Å². The van der Waals surface area contributed by atoms with E-state index in [1.165, 1.54) is 16.0 Å². The maximum Gasteiger partial charge on any atom is 0.191 e. The molecule has 0 bridgehead atoms. The van der Waals surface area contributed by atoms with Crippen LogP contribution in [0.4, 0.5) is 0 Å². The molecule has 0 spiro atoms. The number of hydrogen-bond donors (Lipinski definition) is 2. The highest BCUT2D eigenvalue weighted by Crippen LogP contribution is 2.19. The van der Waals surface area contributed by atoms with Gasteiger partial charge in [-0.3, -0.25) is 9.89 Å². The van der Waals surface area contributed by atoms with Gasteiger partial charge in [0, 0.05) is 50.6 Å². The fourth-order valence-corrected chi connectivity index (χ4v) is 3.90. The van der Waals surface area contributed by atoms with E-state index >= 15 is 0 Å². The predicted octanol–water partition coefficient (Wildman–Crippen LogP) is 3.67. The van der Waals surface area contributed by atoms with E-state index in [2.05, 4.69) is 69.2 Å². The van der Waals surface area contributed by atoms with Crippen molar-refractivity contribution in [3.05, 3.63) is 57.8 Å². The number of ether oxygens (including phenoxy) is 1. The largest absolute Gasteiger partial charge is 0.379 e. The SMILES string of the molecule is CN=C(NCc1ccc(CN2CCOCC2)cc1)NCC(C)c1cccs1.I. The molecule has 1 aliphatic rings. The Bertz CT molecular complexity index is 700. The van der Waals surface area contributed by atoms with Crippen molar-refractivity contribution in [2.45, 2.75) is 25.9 Å². The maximum atomic E-state index is 5.41. The first-order chi connectivity index (χ1) is 13.2. The summed E-state index contributed by atoms with van der Waals surface area (Å²) in [5.74, 6) is 1.32. The zero-order chi connectivity index (χ0) is 18.9. The van der Waals surface area contributed by atoms with Crippen LogP contribution >= 0.6 is 35.3 Å². The van der Waals surface area contributed by atoms with Crippen molar-refractivity contribution in [3.63, 3.8) is 0 Å². The third-order valence-corrected chi connectivity index (χ3v) is 5.92. The van der Waals surface area contributed by atoms with E-state index in [0.29, 0.717) is 5.92 Å². The molecule has 0 amide bonds. The van der Waals surface area contributed by atoms with Crippen molar-refractivity contribution in [2.24, 2.45) is 4.99 Å². The number of nitrogens with zero attached hydrogens (tertiary/aromatic N) is 2. The van der Waals surface area contributed by atoms with Crippen LogP contribution in [-0.2, 0) is 17.8 Å². The lowest BCUT2D eigenvalue weighted by atomic mass is 10.1. The van der Waals surface area contributed by atoms with Crippen LogP contribution < -0.4 is 10.6 Å². The number of rotatable bonds is 7. The van der Waals surface area contributed by atoms with Crippen LogP contribution in [-0.4, -0.2) is 50.8 Å². The molecule has 5 nitrogen and oxygen atoms in total. The van der Waals surface area contributed by atoms with Crippen molar-refractivity contribution in [3.8, 4) is 0 Å². The van der Waals surface area contributed by atoms with Crippen LogP contribution in [0, 0.1) is 0 Å². The van der Waals surface area contributed by atoms with E-state index in [1.54, 1.807) is 11.3 Å². The molecule has 1 aromatic heterocycles. The Morgan fingerprint density at radius 2 is 1.86 bits per heavy atom. The van der Waals surface area contributed by atoms with E-state index in [9.17, 15) is 0 Å². The van der Waals surface area contributed by atoms with Crippen molar-refractivity contribution < 1.29 is 4.74 Å².